The molecule has 0 aromatic heterocycles. The number of halogens is 1. The van der Waals surface area contributed by atoms with Gasteiger partial charge in [0.2, 0.25) is 0 Å². The van der Waals surface area contributed by atoms with Gasteiger partial charge < -0.3 is 10.8 Å². The van der Waals surface area contributed by atoms with Gasteiger partial charge in [-0.15, -0.1) is 0 Å². The molecule has 2 unspecified atom stereocenters. The third-order valence-electron chi connectivity index (χ3n) is 3.21. The number of likely N-dealkylation sites (N-methyl/N-ethyl adjacent to an activating group) is 1. The highest BCUT2D eigenvalue weighted by atomic mass is 79.9. The fourth-order valence-corrected chi connectivity index (χ4v) is 2.96. The number of rotatable bonds is 6. The minimum Gasteiger partial charge on any atom is -0.389 e. The Hall–Kier alpha value is -0.420. The highest BCUT2D eigenvalue weighted by Crippen LogP contribution is 2.30. The highest BCUT2D eigenvalue weighted by molar-refractivity contribution is 9.10. The molecule has 2 atom stereocenters. The van der Waals surface area contributed by atoms with Gasteiger partial charge in [-0.05, 0) is 38.9 Å². The van der Waals surface area contributed by atoms with E-state index in [-0.39, 0.29) is 12.1 Å². The largest absolute Gasteiger partial charge is 0.389 e. The van der Waals surface area contributed by atoms with Crippen molar-refractivity contribution in [3.05, 3.63) is 34.3 Å². The highest BCUT2D eigenvalue weighted by Gasteiger charge is 2.28. The maximum atomic E-state index is 10.0. The lowest BCUT2D eigenvalue weighted by Crippen LogP contribution is -2.44. The van der Waals surface area contributed by atoms with Gasteiger partial charge in [-0.25, -0.2) is 0 Å². The Bertz CT molecular complexity index is 403. The van der Waals surface area contributed by atoms with E-state index in [0.717, 1.165) is 10.9 Å². The molecule has 3 nitrogen and oxygen atoms in total. The van der Waals surface area contributed by atoms with Crippen LogP contribution >= 0.6 is 15.9 Å². The van der Waals surface area contributed by atoms with Crippen molar-refractivity contribution in [3.8, 4) is 0 Å². The number of nitrogens with two attached hydrogens (primary N) is 1. The van der Waals surface area contributed by atoms with Crippen molar-refractivity contribution in [2.24, 2.45) is 5.73 Å². The first-order chi connectivity index (χ1) is 8.76. The van der Waals surface area contributed by atoms with Gasteiger partial charge in [0.25, 0.3) is 0 Å². The summed E-state index contributed by atoms with van der Waals surface area (Å²) in [5, 5.41) is 10.0. The van der Waals surface area contributed by atoms with Gasteiger partial charge >= 0.3 is 0 Å². The molecule has 0 saturated heterocycles. The number of benzene rings is 1. The van der Waals surface area contributed by atoms with Gasteiger partial charge in [0.15, 0.2) is 0 Å². The molecule has 0 heterocycles. The Balaban J connectivity index is 3.05. The summed E-state index contributed by atoms with van der Waals surface area (Å²) in [5.74, 6) is 0. The fourth-order valence-electron chi connectivity index (χ4n) is 2.44. The van der Waals surface area contributed by atoms with E-state index in [9.17, 15) is 5.11 Å². The number of aliphatic hydroxyl groups is 1. The zero-order chi connectivity index (χ0) is 14.6. The lowest BCUT2D eigenvalue weighted by Gasteiger charge is -2.36. The van der Waals surface area contributed by atoms with Crippen LogP contribution in [0, 0.1) is 0 Å². The number of nitrogens with zero attached hydrogens (tertiary/aromatic N) is 1. The second-order valence-corrected chi connectivity index (χ2v) is 6.62. The van der Waals surface area contributed by atoms with Crippen LogP contribution in [0.4, 0.5) is 0 Å². The van der Waals surface area contributed by atoms with Crippen molar-refractivity contribution in [1.82, 2.24) is 4.90 Å². The van der Waals surface area contributed by atoms with E-state index < -0.39 is 5.60 Å². The molecule has 0 saturated carbocycles. The predicted molar refractivity (Wildman–Crippen MR) is 84.1 cm³/mol. The van der Waals surface area contributed by atoms with E-state index in [2.05, 4.69) is 33.8 Å². The van der Waals surface area contributed by atoms with Crippen LogP contribution < -0.4 is 5.73 Å². The second-order valence-electron chi connectivity index (χ2n) is 5.77. The molecule has 1 rings (SSSR count). The summed E-state index contributed by atoms with van der Waals surface area (Å²) < 4.78 is 1.06. The van der Waals surface area contributed by atoms with Crippen molar-refractivity contribution in [1.29, 1.82) is 0 Å². The number of hydrogen-bond donors (Lipinski definition) is 2. The Morgan fingerprint density at radius 2 is 1.95 bits per heavy atom. The molecule has 0 spiro atoms. The molecule has 1 aromatic carbocycles. The molecule has 108 valence electrons. The van der Waals surface area contributed by atoms with Crippen LogP contribution in [-0.2, 0) is 0 Å². The van der Waals surface area contributed by atoms with Crippen LogP contribution in [0.2, 0.25) is 0 Å². The van der Waals surface area contributed by atoms with E-state index in [1.54, 1.807) is 0 Å². The molecule has 0 amide bonds. The Morgan fingerprint density at radius 3 is 2.42 bits per heavy atom. The summed E-state index contributed by atoms with van der Waals surface area (Å²) in [7, 11) is 2.01. The van der Waals surface area contributed by atoms with Gasteiger partial charge in [-0.3, -0.25) is 4.90 Å². The van der Waals surface area contributed by atoms with E-state index in [4.69, 9.17) is 5.73 Å². The zero-order valence-corrected chi connectivity index (χ0v) is 13.8. The molecule has 0 radical (unpaired) electrons. The van der Waals surface area contributed by atoms with E-state index >= 15 is 0 Å². The third kappa shape index (κ3) is 4.88. The van der Waals surface area contributed by atoms with Gasteiger partial charge in [0, 0.05) is 17.1 Å². The van der Waals surface area contributed by atoms with Crippen molar-refractivity contribution in [2.75, 3.05) is 13.6 Å². The lowest BCUT2D eigenvalue weighted by atomic mass is 9.95. The van der Waals surface area contributed by atoms with Crippen LogP contribution in [-0.4, -0.2) is 35.2 Å². The summed E-state index contributed by atoms with van der Waals surface area (Å²) in [5.41, 5.74) is 6.73. The Kier molecular flexibility index (Phi) is 5.99. The van der Waals surface area contributed by atoms with E-state index in [0.29, 0.717) is 6.54 Å². The Morgan fingerprint density at radius 1 is 1.37 bits per heavy atom. The first kappa shape index (κ1) is 16.6. The van der Waals surface area contributed by atoms with Crippen molar-refractivity contribution < 1.29 is 5.11 Å². The first-order valence-corrected chi connectivity index (χ1v) is 7.48. The molecule has 0 bridgehead atoms. The van der Waals surface area contributed by atoms with Gasteiger partial charge in [-0.2, -0.15) is 0 Å². The fraction of sp³-hybridized carbons (Fsp3) is 0.600. The monoisotopic (exact) mass is 328 g/mol. The van der Waals surface area contributed by atoms with Gasteiger partial charge in [0.05, 0.1) is 11.6 Å². The molecule has 0 aliphatic heterocycles. The van der Waals surface area contributed by atoms with Gasteiger partial charge in [0.1, 0.15) is 0 Å². The number of hydrogen-bond acceptors (Lipinski definition) is 3. The summed E-state index contributed by atoms with van der Waals surface area (Å²) in [6, 6.07) is 8.26. The van der Waals surface area contributed by atoms with Crippen molar-refractivity contribution in [3.63, 3.8) is 0 Å². The van der Waals surface area contributed by atoms with E-state index in [1.165, 1.54) is 5.56 Å². The predicted octanol–water partition coefficient (Wildman–Crippen LogP) is 2.93. The topological polar surface area (TPSA) is 49.5 Å². The van der Waals surface area contributed by atoms with Crippen LogP contribution in [0.1, 0.15) is 38.8 Å². The van der Waals surface area contributed by atoms with Crippen LogP contribution in [0.15, 0.2) is 28.7 Å². The first-order valence-electron chi connectivity index (χ1n) is 6.69. The summed E-state index contributed by atoms with van der Waals surface area (Å²) in [4.78, 5) is 2.13. The SMILES string of the molecule is CCC(N)C(c1ccccc1Br)N(C)CC(C)(C)O. The average Bonchev–Trinajstić information content (AvgIpc) is 2.29. The lowest BCUT2D eigenvalue weighted by molar-refractivity contribution is 0.0265. The van der Waals surface area contributed by atoms with E-state index in [1.807, 2.05) is 39.1 Å². The molecule has 3 N–H and O–H groups in total. The molecule has 0 fully saturated rings. The minimum absolute atomic E-state index is 0.0334. The van der Waals surface area contributed by atoms with Crippen molar-refractivity contribution in [2.45, 2.75) is 44.9 Å². The molecular formula is C15H25BrN2O. The maximum Gasteiger partial charge on any atom is 0.0718 e. The molecule has 0 aliphatic carbocycles. The van der Waals surface area contributed by atoms with Crippen LogP contribution in [0.25, 0.3) is 0 Å². The van der Waals surface area contributed by atoms with Gasteiger partial charge in [-0.1, -0.05) is 41.1 Å². The minimum atomic E-state index is -0.734. The average molecular weight is 329 g/mol. The molecule has 4 heteroatoms. The Labute approximate surface area is 124 Å². The summed E-state index contributed by atoms with van der Waals surface area (Å²) in [6.45, 7) is 6.30. The molecule has 1 aromatic rings. The molecule has 0 aliphatic rings. The molecular weight excluding hydrogens is 304 g/mol. The summed E-state index contributed by atoms with van der Waals surface area (Å²) >= 11 is 3.60. The van der Waals surface area contributed by atoms with Crippen LogP contribution in [0.5, 0.6) is 0 Å². The zero-order valence-electron chi connectivity index (χ0n) is 12.2. The van der Waals surface area contributed by atoms with Crippen LogP contribution in [0.3, 0.4) is 0 Å². The normalized spacial score (nSPS) is 15.6. The molecule has 19 heavy (non-hydrogen) atoms. The quantitative estimate of drug-likeness (QED) is 0.844. The van der Waals surface area contributed by atoms with Crippen molar-refractivity contribution >= 4 is 15.9 Å². The third-order valence-corrected chi connectivity index (χ3v) is 3.93. The smallest absolute Gasteiger partial charge is 0.0718 e. The second kappa shape index (κ2) is 6.84. The summed E-state index contributed by atoms with van der Waals surface area (Å²) in [6.07, 6.45) is 0.891. The maximum absolute atomic E-state index is 10.0. The standard InChI is InChI=1S/C15H25BrN2O/c1-5-13(17)14(18(4)10-15(2,3)19)11-8-6-7-9-12(11)16/h6-9,13-14,19H,5,10,17H2,1-4H3.